The lowest BCUT2D eigenvalue weighted by atomic mass is 9.97. The summed E-state index contributed by atoms with van der Waals surface area (Å²) in [5.41, 5.74) is 1.39. The largest absolute Gasteiger partial charge is 0.492 e. The minimum Gasteiger partial charge on any atom is -0.492 e. The quantitative estimate of drug-likeness (QED) is 0.648. The van der Waals surface area contributed by atoms with Crippen molar-refractivity contribution >= 4 is 37.5 Å². The van der Waals surface area contributed by atoms with E-state index < -0.39 is 10.0 Å². The van der Waals surface area contributed by atoms with Crippen LogP contribution in [0.5, 0.6) is 5.75 Å². The molecule has 8 heteroatoms. The predicted octanol–water partition coefficient (Wildman–Crippen LogP) is 4.03. The number of halogens is 1. The van der Waals surface area contributed by atoms with Gasteiger partial charge in [0.1, 0.15) is 5.75 Å². The molecule has 1 amide bonds. The van der Waals surface area contributed by atoms with Crippen molar-refractivity contribution in [3.8, 4) is 5.75 Å². The molecule has 1 N–H and O–H groups in total. The van der Waals surface area contributed by atoms with E-state index in [1.807, 2.05) is 43.3 Å². The van der Waals surface area contributed by atoms with E-state index in [9.17, 15) is 13.2 Å². The molecule has 1 aliphatic rings. The van der Waals surface area contributed by atoms with Crippen molar-refractivity contribution in [2.75, 3.05) is 25.0 Å². The topological polar surface area (TPSA) is 75.7 Å². The van der Waals surface area contributed by atoms with Gasteiger partial charge in [-0.2, -0.15) is 0 Å². The van der Waals surface area contributed by atoms with Gasteiger partial charge in [-0.3, -0.25) is 4.79 Å². The molecule has 2 aromatic rings. The van der Waals surface area contributed by atoms with Gasteiger partial charge in [-0.1, -0.05) is 40.2 Å². The number of hydrogen-bond donors (Lipinski definition) is 1. The van der Waals surface area contributed by atoms with Crippen molar-refractivity contribution in [3.05, 3.63) is 58.6 Å². The van der Waals surface area contributed by atoms with Crippen LogP contribution in [0.4, 0.5) is 5.69 Å². The molecule has 1 aliphatic heterocycles. The first-order valence-electron chi connectivity index (χ1n) is 9.64. The fourth-order valence-corrected chi connectivity index (χ4v) is 5.41. The molecule has 0 saturated carbocycles. The molecule has 2 aromatic carbocycles. The minimum absolute atomic E-state index is 0.0367. The average molecular weight is 481 g/mol. The van der Waals surface area contributed by atoms with Gasteiger partial charge in [-0.25, -0.2) is 12.7 Å². The van der Waals surface area contributed by atoms with Gasteiger partial charge in [0.15, 0.2) is 0 Å². The SMILES string of the molecule is CCOc1ccccc1NC(=O)C1CCN(S(=O)(=O)Cc2cccc(Br)c2)CC1. The summed E-state index contributed by atoms with van der Waals surface area (Å²) in [6.45, 7) is 3.10. The molecule has 0 atom stereocenters. The highest BCUT2D eigenvalue weighted by molar-refractivity contribution is 9.10. The zero-order chi connectivity index (χ0) is 20.9. The van der Waals surface area contributed by atoms with Gasteiger partial charge in [-0.05, 0) is 49.6 Å². The summed E-state index contributed by atoms with van der Waals surface area (Å²) < 4.78 is 33.4. The Hall–Kier alpha value is -1.90. The Morgan fingerprint density at radius 2 is 1.90 bits per heavy atom. The van der Waals surface area contributed by atoms with Gasteiger partial charge < -0.3 is 10.1 Å². The molecule has 3 rings (SSSR count). The summed E-state index contributed by atoms with van der Waals surface area (Å²) in [5.74, 6) is 0.283. The molecule has 0 aromatic heterocycles. The number of piperidine rings is 1. The first kappa shape index (κ1) is 21.8. The molecule has 0 aliphatic carbocycles. The predicted molar refractivity (Wildman–Crippen MR) is 117 cm³/mol. The molecular formula is C21H25BrN2O4S. The van der Waals surface area contributed by atoms with Gasteiger partial charge >= 0.3 is 0 Å². The molecule has 1 fully saturated rings. The van der Waals surface area contributed by atoms with Crippen molar-refractivity contribution in [2.45, 2.75) is 25.5 Å². The Balaban J connectivity index is 1.58. The molecule has 156 valence electrons. The summed E-state index contributed by atoms with van der Waals surface area (Å²) in [6, 6.07) is 14.6. The number of carbonyl (C=O) groups is 1. The van der Waals surface area contributed by atoms with E-state index in [-0.39, 0.29) is 17.6 Å². The second-order valence-corrected chi connectivity index (χ2v) is 9.86. The Labute approximate surface area is 180 Å². The first-order valence-corrected chi connectivity index (χ1v) is 12.0. The summed E-state index contributed by atoms with van der Waals surface area (Å²) >= 11 is 3.37. The zero-order valence-electron chi connectivity index (χ0n) is 16.3. The number of carbonyl (C=O) groups excluding carboxylic acids is 1. The maximum Gasteiger partial charge on any atom is 0.227 e. The Morgan fingerprint density at radius 3 is 2.59 bits per heavy atom. The lowest BCUT2D eigenvalue weighted by molar-refractivity contribution is -0.120. The fraction of sp³-hybridized carbons (Fsp3) is 0.381. The van der Waals surface area contributed by atoms with Crippen LogP contribution in [0, 0.1) is 5.92 Å². The van der Waals surface area contributed by atoms with E-state index in [4.69, 9.17) is 4.74 Å². The highest BCUT2D eigenvalue weighted by Gasteiger charge is 2.31. The average Bonchev–Trinajstić information content (AvgIpc) is 2.69. The number of anilines is 1. The van der Waals surface area contributed by atoms with E-state index in [0.29, 0.717) is 44.0 Å². The van der Waals surface area contributed by atoms with Crippen molar-refractivity contribution in [2.24, 2.45) is 5.92 Å². The molecule has 0 unspecified atom stereocenters. The Bertz CT molecular complexity index is 957. The molecule has 6 nitrogen and oxygen atoms in total. The maximum atomic E-state index is 12.7. The lowest BCUT2D eigenvalue weighted by Crippen LogP contribution is -2.41. The van der Waals surface area contributed by atoms with Crippen LogP contribution in [0.2, 0.25) is 0 Å². The van der Waals surface area contributed by atoms with Crippen molar-refractivity contribution in [1.82, 2.24) is 4.31 Å². The molecule has 1 heterocycles. The number of benzene rings is 2. The molecule has 1 saturated heterocycles. The summed E-state index contributed by atoms with van der Waals surface area (Å²) in [7, 11) is -3.41. The van der Waals surface area contributed by atoms with Crippen LogP contribution in [0.1, 0.15) is 25.3 Å². The maximum absolute atomic E-state index is 12.7. The molecular weight excluding hydrogens is 456 g/mol. The number of nitrogens with zero attached hydrogens (tertiary/aromatic N) is 1. The smallest absolute Gasteiger partial charge is 0.227 e. The van der Waals surface area contributed by atoms with Crippen LogP contribution < -0.4 is 10.1 Å². The van der Waals surface area contributed by atoms with Crippen LogP contribution in [-0.4, -0.2) is 38.3 Å². The van der Waals surface area contributed by atoms with Crippen LogP contribution in [0.25, 0.3) is 0 Å². The van der Waals surface area contributed by atoms with Crippen LogP contribution in [-0.2, 0) is 20.6 Å². The molecule has 0 spiro atoms. The highest BCUT2D eigenvalue weighted by atomic mass is 79.9. The normalized spacial score (nSPS) is 15.8. The number of para-hydroxylation sites is 2. The van der Waals surface area contributed by atoms with Gasteiger partial charge in [-0.15, -0.1) is 0 Å². The molecule has 0 radical (unpaired) electrons. The van der Waals surface area contributed by atoms with E-state index in [1.165, 1.54) is 4.31 Å². The number of amides is 1. The van der Waals surface area contributed by atoms with Crippen LogP contribution >= 0.6 is 15.9 Å². The van der Waals surface area contributed by atoms with Crippen LogP contribution in [0.15, 0.2) is 53.0 Å². The van der Waals surface area contributed by atoms with Crippen LogP contribution in [0.3, 0.4) is 0 Å². The number of nitrogens with one attached hydrogen (secondary N) is 1. The summed E-state index contributed by atoms with van der Waals surface area (Å²) in [6.07, 6.45) is 1.00. The molecule has 29 heavy (non-hydrogen) atoms. The highest BCUT2D eigenvalue weighted by Crippen LogP contribution is 2.27. The second-order valence-electron chi connectivity index (χ2n) is 6.98. The zero-order valence-corrected chi connectivity index (χ0v) is 18.7. The summed E-state index contributed by atoms with van der Waals surface area (Å²) in [4.78, 5) is 12.7. The molecule has 0 bridgehead atoms. The lowest BCUT2D eigenvalue weighted by Gasteiger charge is -2.30. The number of hydrogen-bond acceptors (Lipinski definition) is 4. The second kappa shape index (κ2) is 9.73. The van der Waals surface area contributed by atoms with Crippen molar-refractivity contribution in [1.29, 1.82) is 0 Å². The third kappa shape index (κ3) is 5.81. The third-order valence-corrected chi connectivity index (χ3v) is 7.24. The van der Waals surface area contributed by atoms with Crippen molar-refractivity contribution in [3.63, 3.8) is 0 Å². The first-order chi connectivity index (χ1) is 13.9. The standard InChI is InChI=1S/C21H25BrN2O4S/c1-2-28-20-9-4-3-8-19(20)23-21(25)17-10-12-24(13-11-17)29(26,27)15-16-6-5-7-18(22)14-16/h3-9,14,17H,2,10-13,15H2,1H3,(H,23,25). The number of rotatable bonds is 7. The monoisotopic (exact) mass is 480 g/mol. The van der Waals surface area contributed by atoms with Gasteiger partial charge in [0.2, 0.25) is 15.9 Å². The van der Waals surface area contributed by atoms with E-state index in [1.54, 1.807) is 12.1 Å². The van der Waals surface area contributed by atoms with Gasteiger partial charge in [0.25, 0.3) is 0 Å². The number of sulfonamides is 1. The third-order valence-electron chi connectivity index (χ3n) is 4.90. The number of ether oxygens (including phenoxy) is 1. The van der Waals surface area contributed by atoms with Crippen molar-refractivity contribution < 1.29 is 17.9 Å². The Kier molecular flexibility index (Phi) is 7.32. The summed E-state index contributed by atoms with van der Waals surface area (Å²) in [5, 5.41) is 2.93. The fourth-order valence-electron chi connectivity index (χ4n) is 3.41. The van der Waals surface area contributed by atoms with E-state index in [2.05, 4.69) is 21.2 Å². The van der Waals surface area contributed by atoms with Gasteiger partial charge in [0.05, 0.1) is 18.0 Å². The van der Waals surface area contributed by atoms with Gasteiger partial charge in [0, 0.05) is 23.5 Å². The Morgan fingerprint density at radius 1 is 1.17 bits per heavy atom. The van der Waals surface area contributed by atoms with E-state index in [0.717, 1.165) is 10.0 Å². The van der Waals surface area contributed by atoms with E-state index >= 15 is 0 Å². The minimum atomic E-state index is -3.41.